The highest BCUT2D eigenvalue weighted by atomic mass is 16.6. The van der Waals surface area contributed by atoms with Crippen LogP contribution >= 0.6 is 0 Å². The minimum absolute atomic E-state index is 0.0971. The third-order valence-corrected chi connectivity index (χ3v) is 14.8. The zero-order valence-electron chi connectivity index (χ0n) is 37.8. The Hall–Kier alpha value is -4.57. The summed E-state index contributed by atoms with van der Waals surface area (Å²) in [5, 5.41) is 14.4. The Morgan fingerprint density at radius 3 is 2.44 bits per heavy atom. The minimum atomic E-state index is -1.49. The molecule has 0 amide bonds. The number of fused-ring (bicyclic) bond motifs is 3. The van der Waals surface area contributed by atoms with Crippen LogP contribution in [0.3, 0.4) is 0 Å². The van der Waals surface area contributed by atoms with Crippen molar-refractivity contribution in [3.05, 3.63) is 69.1 Å². The van der Waals surface area contributed by atoms with Crippen LogP contribution in [0.5, 0.6) is 17.2 Å². The van der Waals surface area contributed by atoms with E-state index >= 15 is 4.79 Å². The largest absolute Gasteiger partial charge is 0.491 e. The van der Waals surface area contributed by atoms with Gasteiger partial charge < -0.3 is 39.6 Å². The number of esters is 1. The summed E-state index contributed by atoms with van der Waals surface area (Å²) in [5.74, 6) is -0.133. The smallest absolute Gasteiger partial charge is 0.333 e. The molecule has 5 aliphatic heterocycles. The molecule has 1 aromatic carbocycles. The van der Waals surface area contributed by atoms with Crippen LogP contribution in [-0.2, 0) is 25.5 Å². The number of nitriles is 1. The van der Waals surface area contributed by atoms with Crippen LogP contribution in [0.25, 0.3) is 6.08 Å². The predicted molar refractivity (Wildman–Crippen MR) is 234 cm³/mol. The summed E-state index contributed by atoms with van der Waals surface area (Å²) in [4.78, 5) is 33.1. The molecule has 12 heteroatoms. The van der Waals surface area contributed by atoms with Crippen molar-refractivity contribution in [2.45, 2.75) is 116 Å². The van der Waals surface area contributed by atoms with Crippen LogP contribution < -0.4 is 25.3 Å². The fourth-order valence-electron chi connectivity index (χ4n) is 11.8. The maximum atomic E-state index is 15.5. The number of nitrogens with one attached hydrogen (secondary N) is 1. The van der Waals surface area contributed by atoms with E-state index in [4.69, 9.17) is 29.4 Å². The van der Waals surface area contributed by atoms with E-state index in [2.05, 4.69) is 87.2 Å². The summed E-state index contributed by atoms with van der Waals surface area (Å²) < 4.78 is 34.5. The zero-order chi connectivity index (χ0) is 43.8. The van der Waals surface area contributed by atoms with Crippen LogP contribution in [0.15, 0.2) is 52.4 Å². The van der Waals surface area contributed by atoms with Gasteiger partial charge in [0.1, 0.15) is 35.3 Å². The number of allylic oxidation sites excluding steroid dienone is 5. The van der Waals surface area contributed by atoms with Gasteiger partial charge in [0.25, 0.3) is 0 Å². The van der Waals surface area contributed by atoms with E-state index in [9.17, 15) is 10.1 Å². The predicted octanol–water partition coefficient (Wildman–Crippen LogP) is 6.71. The molecule has 8 atom stereocenters. The van der Waals surface area contributed by atoms with Crippen molar-refractivity contribution < 1.29 is 33.3 Å². The molecule has 5 heterocycles. The molecule has 12 nitrogen and oxygen atoms in total. The van der Waals surface area contributed by atoms with E-state index in [1.807, 2.05) is 13.8 Å². The van der Waals surface area contributed by atoms with Gasteiger partial charge in [-0.05, 0) is 100 Å². The Balaban J connectivity index is 1.38. The van der Waals surface area contributed by atoms with E-state index in [0.717, 1.165) is 67.8 Å². The standard InChI is InChI=1S/C49H65N5O7/c1-28(2)12-11-17-47(8)18-16-32-40(59-47)31(14-13-29(3)4)42-37(41(32)58-25-24-54-22-20-53(9)21-23-54)39-38-36(34(27-50)44(51)52-39)33-26-35-46(6,7)61-48(43(33)55,49(35,38)60-42)19-15-30(5)45(56)57-10/h12-13,15-16,18,33,35-36,38-39,52H,11,14,17,19-26,51H2,1-10H3/b30-15-. The molecular formula is C49H65N5O7. The van der Waals surface area contributed by atoms with Crippen molar-refractivity contribution in [3.8, 4) is 23.3 Å². The Morgan fingerprint density at radius 1 is 1.05 bits per heavy atom. The van der Waals surface area contributed by atoms with Crippen LogP contribution in [-0.4, -0.2) is 97.4 Å². The third kappa shape index (κ3) is 6.81. The lowest BCUT2D eigenvalue weighted by Gasteiger charge is -2.66. The molecule has 5 fully saturated rings. The first-order valence-corrected chi connectivity index (χ1v) is 22.2. The number of Topliss-reactive ketones (excluding diaryl/α,β-unsaturated/α-hetero) is 1. The van der Waals surface area contributed by atoms with E-state index < -0.39 is 52.2 Å². The van der Waals surface area contributed by atoms with Crippen molar-refractivity contribution in [2.75, 3.05) is 53.5 Å². The second-order valence-corrected chi connectivity index (χ2v) is 19.7. The minimum Gasteiger partial charge on any atom is -0.491 e. The van der Waals surface area contributed by atoms with Gasteiger partial charge in [-0.15, -0.1) is 0 Å². The van der Waals surface area contributed by atoms with E-state index in [1.54, 1.807) is 13.0 Å². The molecule has 0 radical (unpaired) electrons. The molecule has 8 aliphatic rings. The number of benzene rings is 1. The van der Waals surface area contributed by atoms with E-state index in [0.29, 0.717) is 47.8 Å². The molecule has 2 saturated heterocycles. The lowest BCUT2D eigenvalue weighted by atomic mass is 9.41. The van der Waals surface area contributed by atoms with Crippen LogP contribution in [0, 0.1) is 35.0 Å². The number of rotatable bonds is 12. The number of likely N-dealkylation sites (N-methyl/N-ethyl adjacent to an activating group) is 1. The van der Waals surface area contributed by atoms with Crippen molar-refractivity contribution >= 4 is 17.8 Å². The van der Waals surface area contributed by atoms with Gasteiger partial charge in [0.05, 0.1) is 41.5 Å². The highest BCUT2D eigenvalue weighted by Crippen LogP contribution is 2.75. The maximum Gasteiger partial charge on any atom is 0.333 e. The molecule has 1 spiro atoms. The first-order valence-electron chi connectivity index (χ1n) is 22.2. The summed E-state index contributed by atoms with van der Waals surface area (Å²) in [7, 11) is 3.51. The molecule has 4 bridgehead atoms. The van der Waals surface area contributed by atoms with Gasteiger partial charge in [0.2, 0.25) is 0 Å². The highest BCUT2D eigenvalue weighted by Gasteiger charge is 2.86. The first-order chi connectivity index (χ1) is 28.9. The zero-order valence-corrected chi connectivity index (χ0v) is 37.8. The molecule has 9 rings (SSSR count). The monoisotopic (exact) mass is 835 g/mol. The molecule has 3 N–H and O–H groups in total. The second kappa shape index (κ2) is 15.7. The number of piperazine rings is 1. The topological polar surface area (TPSA) is 149 Å². The number of carbonyl (C=O) groups is 2. The molecule has 3 aliphatic carbocycles. The number of nitrogens with zero attached hydrogens (tertiary/aromatic N) is 3. The molecule has 8 unspecified atom stereocenters. The number of carbonyl (C=O) groups excluding carboxylic acids is 2. The summed E-state index contributed by atoms with van der Waals surface area (Å²) in [6, 6.07) is 1.91. The van der Waals surface area contributed by atoms with Crippen molar-refractivity contribution in [1.29, 1.82) is 5.26 Å². The number of ether oxygens (including phenoxy) is 5. The Kier molecular flexibility index (Phi) is 11.1. The molecule has 3 saturated carbocycles. The highest BCUT2D eigenvalue weighted by molar-refractivity contribution is 5.96. The summed E-state index contributed by atoms with van der Waals surface area (Å²) in [6.07, 6.45) is 13.2. The number of hydrogen-bond acceptors (Lipinski definition) is 12. The number of ketones is 1. The summed E-state index contributed by atoms with van der Waals surface area (Å²) in [6.45, 7) is 21.4. The van der Waals surface area contributed by atoms with Gasteiger partial charge in [0.15, 0.2) is 17.0 Å². The average molecular weight is 836 g/mol. The SMILES string of the molecule is COC(=O)/C(C)=C\CC12OC(C)(C)C3CC(C1=O)C1C(C#N)=C(N)NC4c5c(OCCN6CCN(C)CC6)c6c(c(CC=C(C)C)c5OC32C41)OC(C)(CCC=C(C)C)C=C6. The average Bonchev–Trinajstić information content (AvgIpc) is 3.35. The van der Waals surface area contributed by atoms with Crippen molar-refractivity contribution in [2.24, 2.45) is 29.4 Å². The Labute approximate surface area is 361 Å². The maximum absolute atomic E-state index is 15.5. The molecule has 1 aromatic rings. The van der Waals surface area contributed by atoms with Crippen molar-refractivity contribution in [3.63, 3.8) is 0 Å². The Bertz CT molecular complexity index is 2200. The molecule has 0 aromatic heterocycles. The van der Waals surface area contributed by atoms with Crippen LogP contribution in [0.2, 0.25) is 0 Å². The molecule has 328 valence electrons. The van der Waals surface area contributed by atoms with Gasteiger partial charge in [-0.2, -0.15) is 5.26 Å². The van der Waals surface area contributed by atoms with E-state index in [-0.39, 0.29) is 23.9 Å². The molecule has 61 heavy (non-hydrogen) atoms. The van der Waals surface area contributed by atoms with Gasteiger partial charge in [-0.1, -0.05) is 29.4 Å². The van der Waals surface area contributed by atoms with Gasteiger partial charge >= 0.3 is 5.97 Å². The van der Waals surface area contributed by atoms with E-state index in [1.165, 1.54) is 12.7 Å². The number of methoxy groups -OCH3 is 1. The van der Waals surface area contributed by atoms with Crippen LogP contribution in [0.1, 0.15) is 104 Å². The van der Waals surface area contributed by atoms with Gasteiger partial charge in [-0.3, -0.25) is 9.69 Å². The van der Waals surface area contributed by atoms with Gasteiger partial charge in [0, 0.05) is 74.0 Å². The molecular weight excluding hydrogens is 771 g/mol. The lowest BCUT2D eigenvalue weighted by molar-refractivity contribution is -0.224. The third-order valence-electron chi connectivity index (χ3n) is 14.8. The summed E-state index contributed by atoms with van der Waals surface area (Å²) >= 11 is 0. The van der Waals surface area contributed by atoms with Gasteiger partial charge in [-0.25, -0.2) is 4.79 Å². The number of nitrogens with two attached hydrogens (primary N) is 1. The lowest BCUT2D eigenvalue weighted by Crippen LogP contribution is -2.80. The first kappa shape index (κ1) is 43.1. The second-order valence-electron chi connectivity index (χ2n) is 19.7. The van der Waals surface area contributed by atoms with Crippen LogP contribution in [0.4, 0.5) is 0 Å². The quantitative estimate of drug-likeness (QED) is 0.131. The fraction of sp³-hybridized carbons (Fsp3) is 0.612. The fourth-order valence-corrected chi connectivity index (χ4v) is 11.8. The number of hydrogen-bond donors (Lipinski definition) is 2. The Morgan fingerprint density at radius 2 is 1.77 bits per heavy atom. The normalized spacial score (nSPS) is 33.0. The van der Waals surface area contributed by atoms with Crippen molar-refractivity contribution in [1.82, 2.24) is 15.1 Å². The summed E-state index contributed by atoms with van der Waals surface area (Å²) in [5.41, 5.74) is 8.42.